The third-order valence-electron chi connectivity index (χ3n) is 10.2. The zero-order valence-electron chi connectivity index (χ0n) is 34.8. The first-order valence-corrected chi connectivity index (χ1v) is 35.6. The van der Waals surface area contributed by atoms with E-state index in [1.165, 1.54) is 189 Å². The van der Waals surface area contributed by atoms with E-state index >= 15 is 0 Å². The van der Waals surface area contributed by atoms with Gasteiger partial charge in [-0.3, -0.25) is 0 Å². The molecule has 0 unspecified atom stereocenters. The summed E-state index contributed by atoms with van der Waals surface area (Å²) in [4.78, 5) is 25.1. The van der Waals surface area contributed by atoms with Crippen molar-refractivity contribution >= 4 is 45.4 Å². The smallest absolute Gasteiger partial charge is 0.0654 e. The van der Waals surface area contributed by atoms with Crippen molar-refractivity contribution in [1.29, 1.82) is 0 Å². The first kappa shape index (κ1) is 51.4. The molecule has 4 nitrogen and oxygen atoms in total. The van der Waals surface area contributed by atoms with Crippen LogP contribution in [0.1, 0.15) is 233 Å². The van der Waals surface area contributed by atoms with Crippen molar-refractivity contribution < 1.29 is 19.1 Å². The van der Waals surface area contributed by atoms with E-state index in [9.17, 15) is 9.59 Å². The summed E-state index contributed by atoms with van der Waals surface area (Å²) in [5.74, 6) is 1.73. The molecule has 0 amide bonds. The number of hydrogen-bond donors (Lipinski definition) is 0. The fourth-order valence-corrected chi connectivity index (χ4v) is 37.2. The van der Waals surface area contributed by atoms with Crippen LogP contribution in [0, 0.1) is 0 Å². The van der Waals surface area contributed by atoms with Gasteiger partial charge in [0.25, 0.3) is 0 Å². The SMILES string of the molecule is CCCCCCCCCCCCCCCOC(=O)CC[S][Sn]([CH2]CCC)([CH2]CCC)[S]CCC(=O)OCCCCCCCCCCCCCCC. The second kappa shape index (κ2) is 41.6. The molecule has 0 heterocycles. The predicted octanol–water partition coefficient (Wildman–Crippen LogP) is 15.5. The number of carbonyl (C=O) groups is 2. The molecule has 0 aliphatic carbocycles. The Morgan fingerprint density at radius 2 is 0.627 bits per heavy atom. The van der Waals surface area contributed by atoms with E-state index in [-0.39, 0.29) is 11.9 Å². The molecule has 0 rings (SSSR count). The number of unbranched alkanes of at least 4 members (excludes halogenated alkanes) is 26. The molecule has 304 valence electrons. The monoisotopic (exact) mass is 865 g/mol. The predicted molar refractivity (Wildman–Crippen MR) is 233 cm³/mol. The van der Waals surface area contributed by atoms with Gasteiger partial charge in [-0.1, -0.05) is 104 Å². The molecule has 0 bridgehead atoms. The third kappa shape index (κ3) is 37.2. The van der Waals surface area contributed by atoms with Gasteiger partial charge in [-0.25, -0.2) is 0 Å². The van der Waals surface area contributed by atoms with Crippen LogP contribution in [0.4, 0.5) is 0 Å². The van der Waals surface area contributed by atoms with E-state index < -0.39 is 15.6 Å². The zero-order chi connectivity index (χ0) is 37.4. The standard InChI is InChI=1S/2C18H36O2S.2C4H9.Sn/c2*1-2-3-4-5-6-7-8-9-10-11-12-13-14-16-20-18(19)15-17-21;2*1-3-4-2;/h2*21H,2-17H2,1H3;2*1,3-4H2,2H3;/q;;;;+2/p-2. The maximum atomic E-state index is 12.6. The second-order valence-electron chi connectivity index (χ2n) is 15.2. The molecule has 0 N–H and O–H groups in total. The minimum absolute atomic E-state index is 0.0191. The molecule has 7 heteroatoms. The van der Waals surface area contributed by atoms with Crippen LogP contribution >= 0.6 is 17.9 Å². The summed E-state index contributed by atoms with van der Waals surface area (Å²) in [5, 5.41) is 0. The van der Waals surface area contributed by atoms with Gasteiger partial charge in [0, 0.05) is 0 Å². The number of hydrogen-bond acceptors (Lipinski definition) is 6. The maximum absolute atomic E-state index is 12.6. The molecule has 51 heavy (non-hydrogen) atoms. The van der Waals surface area contributed by atoms with E-state index in [0.29, 0.717) is 26.1 Å². The minimum atomic E-state index is -2.60. The summed E-state index contributed by atoms with van der Waals surface area (Å²) < 4.78 is 13.9. The number of carbonyl (C=O) groups excluding carboxylic acids is 2. The Balaban J connectivity index is 4.11. The van der Waals surface area contributed by atoms with Crippen LogP contribution < -0.4 is 0 Å². The molecule has 0 atom stereocenters. The van der Waals surface area contributed by atoms with E-state index in [1.807, 2.05) is 0 Å². The Labute approximate surface area is 329 Å². The van der Waals surface area contributed by atoms with Crippen molar-refractivity contribution in [1.82, 2.24) is 0 Å². The molecular weight excluding hydrogens is 775 g/mol. The van der Waals surface area contributed by atoms with Crippen LogP contribution in [-0.4, -0.2) is 52.3 Å². The first-order valence-electron chi connectivity index (χ1n) is 22.6. The summed E-state index contributed by atoms with van der Waals surface area (Å²) in [6, 6.07) is 0. The molecule has 0 saturated heterocycles. The Bertz CT molecular complexity index is 678. The quantitative estimate of drug-likeness (QED) is 0.0346. The minimum Gasteiger partial charge on any atom is -0.0654 e. The van der Waals surface area contributed by atoms with Gasteiger partial charge in [0.2, 0.25) is 0 Å². The van der Waals surface area contributed by atoms with Crippen LogP contribution in [0.2, 0.25) is 8.87 Å². The number of esters is 2. The fraction of sp³-hybridized carbons (Fsp3) is 0.955. The number of rotatable bonds is 42. The van der Waals surface area contributed by atoms with Crippen LogP contribution in [0.25, 0.3) is 0 Å². The van der Waals surface area contributed by atoms with Gasteiger partial charge in [-0.2, -0.15) is 0 Å². The van der Waals surface area contributed by atoms with Crippen molar-refractivity contribution in [2.45, 2.75) is 242 Å². The average Bonchev–Trinajstić information content (AvgIpc) is 3.13. The van der Waals surface area contributed by atoms with Crippen LogP contribution in [-0.2, 0) is 19.1 Å². The molecule has 0 radical (unpaired) electrons. The molecule has 0 aromatic carbocycles. The topological polar surface area (TPSA) is 52.6 Å². The summed E-state index contributed by atoms with van der Waals surface area (Å²) in [7, 11) is 4.30. The summed E-state index contributed by atoms with van der Waals surface area (Å²) in [6.07, 6.45) is 40.6. The Morgan fingerprint density at radius 1 is 0.373 bits per heavy atom. The van der Waals surface area contributed by atoms with Gasteiger partial charge < -0.3 is 0 Å². The van der Waals surface area contributed by atoms with Crippen molar-refractivity contribution in [3.05, 3.63) is 0 Å². The Hall–Kier alpha value is 0.439. The van der Waals surface area contributed by atoms with Crippen LogP contribution in [0.15, 0.2) is 0 Å². The van der Waals surface area contributed by atoms with Gasteiger partial charge in [0.1, 0.15) is 0 Å². The van der Waals surface area contributed by atoms with Crippen molar-refractivity contribution in [2.75, 3.05) is 24.7 Å². The molecule has 0 fully saturated rings. The van der Waals surface area contributed by atoms with E-state index in [1.54, 1.807) is 0 Å². The summed E-state index contributed by atoms with van der Waals surface area (Å²) in [6.45, 7) is 10.3. The van der Waals surface area contributed by atoms with Gasteiger partial charge in [0.15, 0.2) is 0 Å². The van der Waals surface area contributed by atoms with E-state index in [4.69, 9.17) is 9.47 Å². The van der Waals surface area contributed by atoms with Crippen LogP contribution in [0.5, 0.6) is 0 Å². The molecular formula is C44H88O4S2Sn. The van der Waals surface area contributed by atoms with Crippen LogP contribution in [0.3, 0.4) is 0 Å². The van der Waals surface area contributed by atoms with Gasteiger partial charge in [-0.15, -0.1) is 0 Å². The summed E-state index contributed by atoms with van der Waals surface area (Å²) >= 11 is -2.60. The van der Waals surface area contributed by atoms with Crippen molar-refractivity contribution in [3.63, 3.8) is 0 Å². The molecule has 0 saturated carbocycles. The Morgan fingerprint density at radius 3 is 0.902 bits per heavy atom. The molecule has 0 aromatic rings. The Kier molecular flexibility index (Phi) is 42.0. The van der Waals surface area contributed by atoms with Crippen molar-refractivity contribution in [3.8, 4) is 0 Å². The van der Waals surface area contributed by atoms with Crippen molar-refractivity contribution in [2.24, 2.45) is 0 Å². The van der Waals surface area contributed by atoms with E-state index in [0.717, 1.165) is 24.3 Å². The second-order valence-corrected chi connectivity index (χ2v) is 41.8. The van der Waals surface area contributed by atoms with E-state index in [2.05, 4.69) is 45.6 Å². The third-order valence-corrected chi connectivity index (χ3v) is 41.1. The van der Waals surface area contributed by atoms with Gasteiger partial charge in [-0.05, 0) is 0 Å². The first-order chi connectivity index (χ1) is 25.0. The molecule has 0 aromatic heterocycles. The fourth-order valence-electron chi connectivity index (χ4n) is 6.74. The zero-order valence-corrected chi connectivity index (χ0v) is 39.3. The average molecular weight is 864 g/mol. The molecule has 0 aliphatic rings. The van der Waals surface area contributed by atoms with Gasteiger partial charge >= 0.3 is 228 Å². The normalized spacial score (nSPS) is 11.7. The van der Waals surface area contributed by atoms with Gasteiger partial charge in [0.05, 0.1) is 0 Å². The molecule has 0 spiro atoms. The number of ether oxygens (including phenoxy) is 2. The molecule has 0 aliphatic heterocycles. The summed E-state index contributed by atoms with van der Waals surface area (Å²) in [5.41, 5.74) is 0.